The predicted molar refractivity (Wildman–Crippen MR) is 204 cm³/mol. The van der Waals surface area contributed by atoms with E-state index in [0.717, 1.165) is 52.6 Å². The molecule has 0 saturated carbocycles. The second kappa shape index (κ2) is 13.0. The quantitative estimate of drug-likeness (QED) is 0.157. The van der Waals surface area contributed by atoms with E-state index in [4.69, 9.17) is 14.8 Å². The molecule has 0 N–H and O–H groups in total. The van der Waals surface area contributed by atoms with E-state index in [2.05, 4.69) is 156 Å². The van der Waals surface area contributed by atoms with Crippen molar-refractivity contribution >= 4 is 21.8 Å². The molecule has 3 heterocycles. The Bertz CT molecular complexity index is 2300. The Hall–Kier alpha value is -5.16. The predicted octanol–water partition coefficient (Wildman–Crippen LogP) is 11.9. The summed E-state index contributed by atoms with van der Waals surface area (Å²) < 4.78 is 11.2. The zero-order valence-electron chi connectivity index (χ0n) is 30.0. The molecule has 0 spiro atoms. The highest BCUT2D eigenvalue weighted by Gasteiger charge is 2.24. The van der Waals surface area contributed by atoms with E-state index in [1.165, 1.54) is 49.8 Å². The first-order chi connectivity index (χ1) is 23.6. The van der Waals surface area contributed by atoms with Crippen LogP contribution < -0.4 is 4.74 Å². The monoisotopic (exact) mass is 646 g/mol. The van der Waals surface area contributed by atoms with Crippen molar-refractivity contribution in [1.82, 2.24) is 19.3 Å². The van der Waals surface area contributed by atoms with Crippen LogP contribution in [0.2, 0.25) is 0 Å². The average Bonchev–Trinajstić information content (AvgIpc) is 3.59. The van der Waals surface area contributed by atoms with Crippen LogP contribution in [-0.2, 0) is 6.42 Å². The van der Waals surface area contributed by atoms with Crippen LogP contribution >= 0.6 is 0 Å². The molecule has 0 aliphatic carbocycles. The lowest BCUT2D eigenvalue weighted by Crippen LogP contribution is -2.06. The van der Waals surface area contributed by atoms with Crippen molar-refractivity contribution in [3.05, 3.63) is 131 Å². The molecule has 49 heavy (non-hydrogen) atoms. The van der Waals surface area contributed by atoms with Gasteiger partial charge in [0, 0.05) is 34.7 Å². The average molecular weight is 647 g/mol. The summed E-state index contributed by atoms with van der Waals surface area (Å²) in [5, 5.41) is 7.57. The van der Waals surface area contributed by atoms with Gasteiger partial charge in [-0.3, -0.25) is 4.57 Å². The maximum absolute atomic E-state index is 6.77. The zero-order chi connectivity index (χ0) is 34.4. The van der Waals surface area contributed by atoms with Crippen molar-refractivity contribution in [2.75, 3.05) is 0 Å². The third-order valence-corrected chi connectivity index (χ3v) is 9.66. The smallest absolute Gasteiger partial charge is 0.137 e. The molecule has 0 fully saturated rings. The number of ether oxygens (including phenoxy) is 1. The fourth-order valence-corrected chi connectivity index (χ4v) is 7.34. The van der Waals surface area contributed by atoms with Crippen molar-refractivity contribution < 1.29 is 4.74 Å². The Morgan fingerprint density at radius 2 is 1.45 bits per heavy atom. The number of hydrogen-bond acceptors (Lipinski definition) is 3. The Morgan fingerprint density at radius 3 is 2.18 bits per heavy atom. The molecule has 4 aromatic carbocycles. The molecular formula is C44H46N4O. The first-order valence-electron chi connectivity index (χ1n) is 17.6. The lowest BCUT2D eigenvalue weighted by atomic mass is 9.91. The second-order valence-electron chi connectivity index (χ2n) is 14.0. The van der Waals surface area contributed by atoms with Gasteiger partial charge in [-0.2, -0.15) is 5.10 Å². The normalized spacial score (nSPS) is 11.8. The van der Waals surface area contributed by atoms with Crippen LogP contribution in [0.15, 0.2) is 97.2 Å². The lowest BCUT2D eigenvalue weighted by molar-refractivity contribution is 0.481. The number of nitrogens with zero attached hydrogens (tertiary/aromatic N) is 4. The lowest BCUT2D eigenvalue weighted by Gasteiger charge is -2.18. The third kappa shape index (κ3) is 5.92. The molecule has 0 saturated heterocycles. The fourth-order valence-electron chi connectivity index (χ4n) is 7.34. The van der Waals surface area contributed by atoms with Crippen molar-refractivity contribution in [2.45, 2.75) is 80.1 Å². The van der Waals surface area contributed by atoms with Gasteiger partial charge in [-0.15, -0.1) is 0 Å². The van der Waals surface area contributed by atoms with Gasteiger partial charge < -0.3 is 4.74 Å². The van der Waals surface area contributed by atoms with E-state index in [9.17, 15) is 0 Å². The fraction of sp³-hybridized carbons (Fsp3) is 0.273. The number of benzene rings is 4. The van der Waals surface area contributed by atoms with Gasteiger partial charge >= 0.3 is 0 Å². The van der Waals surface area contributed by atoms with E-state index in [0.29, 0.717) is 5.92 Å². The van der Waals surface area contributed by atoms with Gasteiger partial charge in [0.2, 0.25) is 0 Å². The summed E-state index contributed by atoms with van der Waals surface area (Å²) in [6.45, 7) is 17.7. The highest BCUT2D eigenvalue weighted by Crippen LogP contribution is 2.40. The number of rotatable bonds is 9. The maximum Gasteiger partial charge on any atom is 0.137 e. The number of aryl methyl sites for hydroxylation is 4. The van der Waals surface area contributed by atoms with Gasteiger partial charge in [0.25, 0.3) is 0 Å². The van der Waals surface area contributed by atoms with Gasteiger partial charge in [-0.1, -0.05) is 77.4 Å². The van der Waals surface area contributed by atoms with Crippen LogP contribution in [0.25, 0.3) is 44.4 Å². The summed E-state index contributed by atoms with van der Waals surface area (Å²) in [7, 11) is 0. The number of hydrogen-bond donors (Lipinski definition) is 0. The van der Waals surface area contributed by atoms with Gasteiger partial charge in [0.1, 0.15) is 17.3 Å². The van der Waals surface area contributed by atoms with Crippen LogP contribution in [0, 0.1) is 20.8 Å². The second-order valence-corrected chi connectivity index (χ2v) is 14.0. The molecule has 248 valence electrons. The van der Waals surface area contributed by atoms with Crippen LogP contribution in [0.3, 0.4) is 0 Å². The third-order valence-electron chi connectivity index (χ3n) is 9.66. The first-order valence-corrected chi connectivity index (χ1v) is 17.6. The van der Waals surface area contributed by atoms with Crippen molar-refractivity contribution in [3.8, 4) is 34.1 Å². The standard InChI is InChI=1S/C44H46N4O/c1-9-13-32-20-21-45-41(22-32)47-39-17-11-10-16-37(39)38-19-18-35(26-40(38)47)49-36-24-33(27(2)3)23-34(25-36)48-44(28(4)5)43(31(8)46-48)42-29(6)14-12-15-30(42)7/h10-12,14-28H,9,13H2,1-8H3. The molecule has 7 aromatic rings. The molecule has 0 radical (unpaired) electrons. The highest BCUT2D eigenvalue weighted by molar-refractivity contribution is 6.09. The molecule has 0 atom stereocenters. The van der Waals surface area contributed by atoms with Crippen molar-refractivity contribution in [1.29, 1.82) is 0 Å². The van der Waals surface area contributed by atoms with E-state index < -0.39 is 0 Å². The van der Waals surface area contributed by atoms with E-state index in [-0.39, 0.29) is 5.92 Å². The zero-order valence-corrected chi connectivity index (χ0v) is 30.0. The van der Waals surface area contributed by atoms with Crippen LogP contribution in [0.4, 0.5) is 0 Å². The largest absolute Gasteiger partial charge is 0.457 e. The minimum absolute atomic E-state index is 0.260. The Kier molecular flexibility index (Phi) is 8.62. The van der Waals surface area contributed by atoms with Gasteiger partial charge in [-0.05, 0) is 109 Å². The first kappa shape index (κ1) is 32.4. The Morgan fingerprint density at radius 1 is 0.694 bits per heavy atom. The number of para-hydroxylation sites is 1. The van der Waals surface area contributed by atoms with E-state index in [1.54, 1.807) is 0 Å². The molecule has 3 aromatic heterocycles. The van der Waals surface area contributed by atoms with Gasteiger partial charge in [0.15, 0.2) is 0 Å². The number of aromatic nitrogens is 4. The van der Waals surface area contributed by atoms with Crippen LogP contribution in [0.5, 0.6) is 11.5 Å². The summed E-state index contributed by atoms with van der Waals surface area (Å²) in [5.74, 6) is 3.07. The van der Waals surface area contributed by atoms with Gasteiger partial charge in [0.05, 0.1) is 28.1 Å². The molecule has 0 aliphatic heterocycles. The molecule has 0 amide bonds. The number of pyridine rings is 1. The SMILES string of the molecule is CCCc1ccnc(-n2c3ccccc3c3ccc(Oc4cc(C(C)C)cc(-n5nc(C)c(-c6c(C)cccc6C)c5C(C)C)c4)cc32)c1. The molecule has 7 rings (SSSR count). The molecule has 0 bridgehead atoms. The van der Waals surface area contributed by atoms with Crippen LogP contribution in [0.1, 0.15) is 86.5 Å². The highest BCUT2D eigenvalue weighted by atomic mass is 16.5. The summed E-state index contributed by atoms with van der Waals surface area (Å²) >= 11 is 0. The minimum atomic E-state index is 0.260. The summed E-state index contributed by atoms with van der Waals surface area (Å²) in [5.41, 5.74) is 13.0. The summed E-state index contributed by atoms with van der Waals surface area (Å²) in [6, 6.07) is 32.4. The van der Waals surface area contributed by atoms with Crippen molar-refractivity contribution in [2.24, 2.45) is 0 Å². The Balaban J connectivity index is 1.36. The Labute approximate surface area is 290 Å². The van der Waals surface area contributed by atoms with E-state index >= 15 is 0 Å². The molecule has 0 aliphatic rings. The maximum atomic E-state index is 6.77. The number of fused-ring (bicyclic) bond motifs is 3. The molecular weight excluding hydrogens is 601 g/mol. The molecule has 5 heteroatoms. The van der Waals surface area contributed by atoms with Crippen molar-refractivity contribution in [3.63, 3.8) is 0 Å². The topological polar surface area (TPSA) is 44.9 Å². The molecule has 0 unspecified atom stereocenters. The van der Waals surface area contributed by atoms with E-state index in [1.807, 2.05) is 6.20 Å². The summed E-state index contributed by atoms with van der Waals surface area (Å²) in [6.07, 6.45) is 4.04. The summed E-state index contributed by atoms with van der Waals surface area (Å²) in [4.78, 5) is 4.83. The van der Waals surface area contributed by atoms with Crippen LogP contribution in [-0.4, -0.2) is 19.3 Å². The minimum Gasteiger partial charge on any atom is -0.457 e. The van der Waals surface area contributed by atoms with Gasteiger partial charge in [-0.25, -0.2) is 9.67 Å². The molecule has 5 nitrogen and oxygen atoms in total.